The fourth-order valence-electron chi connectivity index (χ4n) is 5.07. The van der Waals surface area contributed by atoms with Crippen LogP contribution in [0.5, 0.6) is 0 Å². The molecule has 2 aliphatic heterocycles. The summed E-state index contributed by atoms with van der Waals surface area (Å²) in [6.45, 7) is 2.13. The highest BCUT2D eigenvalue weighted by Crippen LogP contribution is 2.42. The van der Waals surface area contributed by atoms with E-state index in [1.165, 1.54) is 0 Å². The van der Waals surface area contributed by atoms with Gasteiger partial charge in [0.2, 0.25) is 0 Å². The SMILES string of the molecule is CCCCCCC[C@H]1CC2=C(C[C@@H](CCC/C=C/CO)CC3=C1C(=O)OC3=O)C(=O)OC2=O. The molecule has 0 aromatic rings. The first-order chi connectivity index (χ1) is 16.0. The predicted octanol–water partition coefficient (Wildman–Crippen LogP) is 4.24. The monoisotopic (exact) mass is 458 g/mol. The Labute approximate surface area is 194 Å². The van der Waals surface area contributed by atoms with Crippen LogP contribution in [0.2, 0.25) is 0 Å². The molecule has 3 rings (SSSR count). The summed E-state index contributed by atoms with van der Waals surface area (Å²) in [7, 11) is 0. The van der Waals surface area contributed by atoms with Gasteiger partial charge in [-0.1, -0.05) is 51.2 Å². The summed E-state index contributed by atoms with van der Waals surface area (Å²) in [5.74, 6) is -2.86. The molecule has 180 valence electrons. The summed E-state index contributed by atoms with van der Waals surface area (Å²) in [4.78, 5) is 50.2. The first kappa shape index (κ1) is 25.1. The van der Waals surface area contributed by atoms with Crippen LogP contribution in [0, 0.1) is 11.8 Å². The zero-order chi connectivity index (χ0) is 23.8. The van der Waals surface area contributed by atoms with E-state index in [0.29, 0.717) is 48.0 Å². The molecule has 0 unspecified atom stereocenters. The molecule has 0 radical (unpaired) electrons. The second-order valence-corrected chi connectivity index (χ2v) is 9.17. The number of carbonyl (C=O) groups excluding carboxylic acids is 4. The molecule has 0 aromatic heterocycles. The smallest absolute Gasteiger partial charge is 0.342 e. The molecule has 1 N–H and O–H groups in total. The fraction of sp³-hybridized carbons (Fsp3) is 0.615. The number of carbonyl (C=O) groups is 4. The van der Waals surface area contributed by atoms with Crippen molar-refractivity contribution < 1.29 is 33.8 Å². The van der Waals surface area contributed by atoms with Crippen molar-refractivity contribution in [2.45, 2.75) is 84.0 Å². The molecular formula is C26H34O7. The van der Waals surface area contributed by atoms with E-state index in [1.54, 1.807) is 6.08 Å². The van der Waals surface area contributed by atoms with Gasteiger partial charge >= 0.3 is 23.9 Å². The van der Waals surface area contributed by atoms with Crippen molar-refractivity contribution in [3.8, 4) is 0 Å². The Kier molecular flexibility index (Phi) is 9.18. The highest BCUT2D eigenvalue weighted by molar-refractivity contribution is 6.14. The van der Waals surface area contributed by atoms with E-state index in [2.05, 4.69) is 6.92 Å². The first-order valence-corrected chi connectivity index (χ1v) is 12.2. The van der Waals surface area contributed by atoms with E-state index in [9.17, 15) is 19.2 Å². The van der Waals surface area contributed by atoms with Crippen molar-refractivity contribution in [3.63, 3.8) is 0 Å². The predicted molar refractivity (Wildman–Crippen MR) is 121 cm³/mol. The van der Waals surface area contributed by atoms with Crippen LogP contribution < -0.4 is 0 Å². The minimum Gasteiger partial charge on any atom is -0.392 e. The molecule has 0 bridgehead atoms. The van der Waals surface area contributed by atoms with E-state index < -0.39 is 23.9 Å². The van der Waals surface area contributed by atoms with Crippen LogP contribution in [-0.4, -0.2) is 35.6 Å². The molecule has 1 aliphatic carbocycles. The van der Waals surface area contributed by atoms with Crippen molar-refractivity contribution >= 4 is 23.9 Å². The summed E-state index contributed by atoms with van der Waals surface area (Å²) in [6.07, 6.45) is 12.6. The normalized spacial score (nSPS) is 23.5. The lowest BCUT2D eigenvalue weighted by molar-refractivity contribution is -0.153. The topological polar surface area (TPSA) is 107 Å². The van der Waals surface area contributed by atoms with Crippen LogP contribution >= 0.6 is 0 Å². The van der Waals surface area contributed by atoms with Gasteiger partial charge in [-0.3, -0.25) is 0 Å². The number of allylic oxidation sites excluding steroid dienone is 1. The summed E-state index contributed by atoms with van der Waals surface area (Å²) in [6, 6.07) is 0. The van der Waals surface area contributed by atoms with Gasteiger partial charge in [0, 0.05) is 16.7 Å². The van der Waals surface area contributed by atoms with Gasteiger partial charge in [0.05, 0.1) is 12.2 Å². The number of ether oxygens (including phenoxy) is 2. The second kappa shape index (κ2) is 12.1. The molecule has 0 aromatic carbocycles. The first-order valence-electron chi connectivity index (χ1n) is 12.2. The average Bonchev–Trinajstić information content (AvgIpc) is 3.22. The molecule has 0 spiro atoms. The van der Waals surface area contributed by atoms with E-state index in [-0.39, 0.29) is 24.9 Å². The van der Waals surface area contributed by atoms with Crippen LogP contribution in [0.4, 0.5) is 0 Å². The Hall–Kier alpha value is -2.54. The summed E-state index contributed by atoms with van der Waals surface area (Å²) < 4.78 is 9.95. The number of esters is 4. The van der Waals surface area contributed by atoms with E-state index in [4.69, 9.17) is 14.6 Å². The van der Waals surface area contributed by atoms with Gasteiger partial charge in [0.15, 0.2) is 0 Å². The average molecular weight is 459 g/mol. The quantitative estimate of drug-likeness (QED) is 0.214. The van der Waals surface area contributed by atoms with E-state index in [0.717, 1.165) is 44.9 Å². The lowest BCUT2D eigenvalue weighted by Crippen LogP contribution is -2.15. The van der Waals surface area contributed by atoms with Crippen molar-refractivity contribution in [3.05, 3.63) is 34.4 Å². The van der Waals surface area contributed by atoms with Gasteiger partial charge in [-0.15, -0.1) is 0 Å². The zero-order valence-electron chi connectivity index (χ0n) is 19.4. The molecule has 0 saturated carbocycles. The minimum atomic E-state index is -0.627. The van der Waals surface area contributed by atoms with E-state index >= 15 is 0 Å². The maximum atomic E-state index is 12.7. The van der Waals surface area contributed by atoms with Crippen LogP contribution in [0.25, 0.3) is 0 Å². The Bertz CT molecular complexity index is 877. The molecule has 2 atom stereocenters. The van der Waals surface area contributed by atoms with Crippen LogP contribution in [-0.2, 0) is 28.7 Å². The Balaban J connectivity index is 1.88. The van der Waals surface area contributed by atoms with Gasteiger partial charge in [0.25, 0.3) is 0 Å². The highest BCUT2D eigenvalue weighted by Gasteiger charge is 2.43. The summed E-state index contributed by atoms with van der Waals surface area (Å²) in [5.41, 5.74) is 1.55. The number of aliphatic hydroxyl groups excluding tert-OH is 1. The molecule has 33 heavy (non-hydrogen) atoms. The number of rotatable bonds is 11. The number of hydrogen-bond donors (Lipinski definition) is 1. The third-order valence-corrected chi connectivity index (χ3v) is 6.78. The lowest BCUT2D eigenvalue weighted by atomic mass is 9.84. The molecule has 2 heterocycles. The molecule has 7 heteroatoms. The number of cyclic esters (lactones) is 4. The van der Waals surface area contributed by atoms with Crippen LogP contribution in [0.15, 0.2) is 34.4 Å². The van der Waals surface area contributed by atoms with Gasteiger partial charge in [-0.25, -0.2) is 19.2 Å². The minimum absolute atomic E-state index is 0.0162. The summed E-state index contributed by atoms with van der Waals surface area (Å²) >= 11 is 0. The Morgan fingerprint density at radius 2 is 1.39 bits per heavy atom. The van der Waals surface area contributed by atoms with Gasteiger partial charge in [-0.05, 0) is 56.8 Å². The molecule has 0 saturated heterocycles. The number of unbranched alkanes of at least 4 members (excludes halogenated alkanes) is 5. The third kappa shape index (κ3) is 6.28. The largest absolute Gasteiger partial charge is 0.392 e. The maximum absolute atomic E-state index is 12.7. The van der Waals surface area contributed by atoms with Crippen molar-refractivity contribution in [1.29, 1.82) is 0 Å². The lowest BCUT2D eigenvalue weighted by Gasteiger charge is -2.18. The molecular weight excluding hydrogens is 424 g/mol. The fourth-order valence-corrected chi connectivity index (χ4v) is 5.07. The number of hydrogen-bond acceptors (Lipinski definition) is 7. The highest BCUT2D eigenvalue weighted by atomic mass is 16.6. The molecule has 0 fully saturated rings. The van der Waals surface area contributed by atoms with Crippen molar-refractivity contribution in [1.82, 2.24) is 0 Å². The van der Waals surface area contributed by atoms with Gasteiger partial charge in [-0.2, -0.15) is 0 Å². The maximum Gasteiger partial charge on any atom is 0.342 e. The Morgan fingerprint density at radius 1 is 0.758 bits per heavy atom. The third-order valence-electron chi connectivity index (χ3n) is 6.78. The van der Waals surface area contributed by atoms with Gasteiger partial charge < -0.3 is 14.6 Å². The van der Waals surface area contributed by atoms with Gasteiger partial charge in [0.1, 0.15) is 0 Å². The zero-order valence-corrected chi connectivity index (χ0v) is 19.4. The van der Waals surface area contributed by atoms with Crippen LogP contribution in [0.1, 0.15) is 84.0 Å². The van der Waals surface area contributed by atoms with Crippen molar-refractivity contribution in [2.75, 3.05) is 6.61 Å². The van der Waals surface area contributed by atoms with Crippen LogP contribution in [0.3, 0.4) is 0 Å². The second-order valence-electron chi connectivity index (χ2n) is 9.17. The van der Waals surface area contributed by atoms with Crippen molar-refractivity contribution in [2.24, 2.45) is 11.8 Å². The Morgan fingerprint density at radius 3 is 2.12 bits per heavy atom. The molecule has 0 amide bonds. The molecule has 7 nitrogen and oxygen atoms in total. The number of aliphatic hydroxyl groups is 1. The van der Waals surface area contributed by atoms with E-state index in [1.807, 2.05) is 6.08 Å². The summed E-state index contributed by atoms with van der Waals surface area (Å²) in [5, 5.41) is 8.89. The standard InChI is InChI=1S/C26H34O7/c1-2-3-4-5-9-12-18-16-20-19(23(28)32-24(20)29)14-17(11-8-6-7-10-13-27)15-21-22(18)26(31)33-25(21)30/h7,10,17-18,27H,2-6,8-9,11-16H2,1H3/b10-7+/t17-,18+/m1/s1. The molecule has 3 aliphatic rings.